The van der Waals surface area contributed by atoms with E-state index in [4.69, 9.17) is 23.7 Å². The van der Waals surface area contributed by atoms with Crippen molar-refractivity contribution in [3.63, 3.8) is 0 Å². The van der Waals surface area contributed by atoms with Crippen LogP contribution in [0, 0.1) is 5.92 Å². The summed E-state index contributed by atoms with van der Waals surface area (Å²) < 4.78 is 57.6. The van der Waals surface area contributed by atoms with Gasteiger partial charge in [0.2, 0.25) is 10.0 Å². The maximum absolute atomic E-state index is 14.0. The van der Waals surface area contributed by atoms with Crippen LogP contribution in [0.2, 0.25) is 0 Å². The molecule has 1 fully saturated rings. The predicted octanol–water partition coefficient (Wildman–Crippen LogP) is 5.62. The summed E-state index contributed by atoms with van der Waals surface area (Å²) in [5, 5.41) is 2.60. The van der Waals surface area contributed by atoms with Gasteiger partial charge in [-0.05, 0) is 88.9 Å². The van der Waals surface area contributed by atoms with Gasteiger partial charge in [-0.15, -0.1) is 0 Å². The molecule has 0 saturated carbocycles. The van der Waals surface area contributed by atoms with Gasteiger partial charge in [0.05, 0.1) is 30.7 Å². The molecule has 1 saturated heterocycles. The fourth-order valence-electron chi connectivity index (χ4n) is 5.37. The van der Waals surface area contributed by atoms with Gasteiger partial charge in [0.1, 0.15) is 36.0 Å². The standard InChI is InChI=1S/C35H51N3O9S/c1-10-20-45-32(39)36-19-21-44-28-13-11-26(12-14-28)22-30-31(46-35(7,8)38(30)33(40)47-34(4,5)6)24-37(23-25(2)3)48(41,42)29-17-15-27(43-9)16-18-29/h10-18,25,30-31H,1,19-24H2,2-9H3,(H,36,39)/t30-,31+/m0/s1. The van der Waals surface area contributed by atoms with Gasteiger partial charge >= 0.3 is 12.2 Å². The molecule has 2 amide bonds. The van der Waals surface area contributed by atoms with Crippen LogP contribution in [0.5, 0.6) is 11.5 Å². The molecule has 0 spiro atoms. The highest BCUT2D eigenvalue weighted by Crippen LogP contribution is 2.37. The summed E-state index contributed by atoms with van der Waals surface area (Å²) in [6.07, 6.45) is 0.0675. The van der Waals surface area contributed by atoms with E-state index in [2.05, 4.69) is 11.9 Å². The SMILES string of the molecule is C=CCOC(=O)NCCOc1ccc(C[C@H]2[C@@H](CN(CC(C)C)S(=O)(=O)c3ccc(OC)cc3)OC(C)(C)N2C(=O)OC(C)(C)C)cc1. The molecule has 0 bridgehead atoms. The molecule has 12 nitrogen and oxygen atoms in total. The van der Waals surface area contributed by atoms with E-state index in [9.17, 15) is 18.0 Å². The first kappa shape index (κ1) is 38.6. The van der Waals surface area contributed by atoms with Gasteiger partial charge in [-0.2, -0.15) is 4.31 Å². The average Bonchev–Trinajstić information content (AvgIpc) is 3.25. The molecule has 1 N–H and O–H groups in total. The molecule has 266 valence electrons. The normalized spacial score (nSPS) is 17.7. The Bertz CT molecular complexity index is 1470. The Morgan fingerprint density at radius 3 is 2.27 bits per heavy atom. The Labute approximate surface area is 285 Å². The smallest absolute Gasteiger partial charge is 0.412 e. The molecule has 2 atom stereocenters. The summed E-state index contributed by atoms with van der Waals surface area (Å²) in [5.74, 6) is 1.17. The van der Waals surface area contributed by atoms with Crippen LogP contribution in [0.25, 0.3) is 0 Å². The van der Waals surface area contributed by atoms with Gasteiger partial charge in [0.25, 0.3) is 0 Å². The van der Waals surface area contributed by atoms with E-state index in [0.29, 0.717) is 17.9 Å². The van der Waals surface area contributed by atoms with E-state index in [0.717, 1.165) is 5.56 Å². The minimum absolute atomic E-state index is 0.0172. The number of hydrogen-bond acceptors (Lipinski definition) is 9. The number of benzene rings is 2. The zero-order valence-electron chi connectivity index (χ0n) is 29.4. The summed E-state index contributed by atoms with van der Waals surface area (Å²) in [6.45, 7) is 17.2. The van der Waals surface area contributed by atoms with Crippen LogP contribution < -0.4 is 14.8 Å². The lowest BCUT2D eigenvalue weighted by Crippen LogP contribution is -2.52. The lowest BCUT2D eigenvalue weighted by atomic mass is 9.99. The molecule has 3 rings (SSSR count). The summed E-state index contributed by atoms with van der Waals surface area (Å²) in [5.41, 5.74) is -0.965. The molecule has 1 aliphatic heterocycles. The van der Waals surface area contributed by atoms with Gasteiger partial charge < -0.3 is 29.0 Å². The predicted molar refractivity (Wildman–Crippen MR) is 183 cm³/mol. The van der Waals surface area contributed by atoms with Crippen LogP contribution in [-0.4, -0.2) is 93.2 Å². The van der Waals surface area contributed by atoms with Crippen molar-refractivity contribution in [2.75, 3.05) is 40.0 Å². The van der Waals surface area contributed by atoms with E-state index >= 15 is 0 Å². The number of carbonyl (C=O) groups is 2. The monoisotopic (exact) mass is 689 g/mol. The van der Waals surface area contributed by atoms with Crippen molar-refractivity contribution in [1.29, 1.82) is 0 Å². The van der Waals surface area contributed by atoms with Gasteiger partial charge in [-0.25, -0.2) is 18.0 Å². The second kappa shape index (κ2) is 16.5. The number of sulfonamides is 1. The summed E-state index contributed by atoms with van der Waals surface area (Å²) >= 11 is 0. The minimum Gasteiger partial charge on any atom is -0.497 e. The molecule has 2 aromatic rings. The highest BCUT2D eigenvalue weighted by molar-refractivity contribution is 7.89. The quantitative estimate of drug-likeness (QED) is 0.187. The van der Waals surface area contributed by atoms with Gasteiger partial charge in [0, 0.05) is 13.1 Å². The van der Waals surface area contributed by atoms with E-state index < -0.39 is 45.7 Å². The van der Waals surface area contributed by atoms with Crippen molar-refractivity contribution in [3.05, 3.63) is 66.7 Å². The molecule has 0 unspecified atom stereocenters. The average molecular weight is 690 g/mol. The van der Waals surface area contributed by atoms with Crippen LogP contribution in [0.3, 0.4) is 0 Å². The number of carbonyl (C=O) groups excluding carboxylic acids is 2. The lowest BCUT2D eigenvalue weighted by molar-refractivity contribution is -0.0807. The molecule has 13 heteroatoms. The summed E-state index contributed by atoms with van der Waals surface area (Å²) in [7, 11) is -2.40. The van der Waals surface area contributed by atoms with Crippen LogP contribution in [0.4, 0.5) is 9.59 Å². The van der Waals surface area contributed by atoms with Crippen LogP contribution in [0.1, 0.15) is 54.0 Å². The Balaban J connectivity index is 1.87. The van der Waals surface area contributed by atoms with Crippen LogP contribution in [0.15, 0.2) is 66.1 Å². The maximum atomic E-state index is 14.0. The van der Waals surface area contributed by atoms with E-state index in [1.165, 1.54) is 29.6 Å². The zero-order valence-corrected chi connectivity index (χ0v) is 30.2. The number of amides is 2. The third-order valence-electron chi connectivity index (χ3n) is 7.36. The third kappa shape index (κ3) is 10.9. The third-order valence-corrected chi connectivity index (χ3v) is 9.21. The number of methoxy groups -OCH3 is 1. The highest BCUT2D eigenvalue weighted by Gasteiger charge is 2.52. The molecule has 0 radical (unpaired) electrons. The Morgan fingerprint density at radius 1 is 1.08 bits per heavy atom. The fourth-order valence-corrected chi connectivity index (χ4v) is 6.98. The Kier molecular flexibility index (Phi) is 13.3. The fraction of sp³-hybridized carbons (Fsp3) is 0.543. The van der Waals surface area contributed by atoms with Gasteiger partial charge in [0.15, 0.2) is 0 Å². The molecule has 0 aliphatic carbocycles. The zero-order chi connectivity index (χ0) is 35.7. The largest absolute Gasteiger partial charge is 0.497 e. The Hall–Kier alpha value is -3.81. The first-order valence-corrected chi connectivity index (χ1v) is 17.5. The van der Waals surface area contributed by atoms with Crippen molar-refractivity contribution in [2.24, 2.45) is 5.92 Å². The second-order valence-electron chi connectivity index (χ2n) is 13.4. The van der Waals surface area contributed by atoms with Crippen molar-refractivity contribution < 1.29 is 41.7 Å². The van der Waals surface area contributed by atoms with Crippen molar-refractivity contribution in [3.8, 4) is 11.5 Å². The molecular weight excluding hydrogens is 638 g/mol. The van der Waals surface area contributed by atoms with Crippen molar-refractivity contribution >= 4 is 22.2 Å². The summed E-state index contributed by atoms with van der Waals surface area (Å²) in [6, 6.07) is 13.1. The van der Waals surface area contributed by atoms with E-state index in [1.807, 2.05) is 26.0 Å². The molecule has 1 heterocycles. The maximum Gasteiger partial charge on any atom is 0.412 e. The van der Waals surface area contributed by atoms with Crippen LogP contribution in [-0.2, 0) is 30.7 Å². The Morgan fingerprint density at radius 2 is 1.71 bits per heavy atom. The molecule has 48 heavy (non-hydrogen) atoms. The highest BCUT2D eigenvalue weighted by atomic mass is 32.2. The number of ether oxygens (including phenoxy) is 5. The minimum atomic E-state index is -3.93. The van der Waals surface area contributed by atoms with Gasteiger partial charge in [-0.3, -0.25) is 4.90 Å². The van der Waals surface area contributed by atoms with E-state index in [-0.39, 0.29) is 43.7 Å². The molecule has 2 aromatic carbocycles. The van der Waals surface area contributed by atoms with Gasteiger partial charge in [-0.1, -0.05) is 38.6 Å². The lowest BCUT2D eigenvalue weighted by Gasteiger charge is -2.35. The number of nitrogens with one attached hydrogen (secondary N) is 1. The van der Waals surface area contributed by atoms with Crippen molar-refractivity contribution in [2.45, 2.75) is 83.3 Å². The molecule has 0 aromatic heterocycles. The number of alkyl carbamates (subject to hydrolysis) is 1. The number of nitrogens with zero attached hydrogens (tertiary/aromatic N) is 2. The first-order chi connectivity index (χ1) is 22.5. The number of hydrogen-bond donors (Lipinski definition) is 1. The second-order valence-corrected chi connectivity index (χ2v) is 15.4. The van der Waals surface area contributed by atoms with Crippen molar-refractivity contribution in [1.82, 2.24) is 14.5 Å². The van der Waals surface area contributed by atoms with E-state index in [1.54, 1.807) is 63.8 Å². The van der Waals surface area contributed by atoms with Crippen LogP contribution >= 0.6 is 0 Å². The molecular formula is C35H51N3O9S. The summed E-state index contributed by atoms with van der Waals surface area (Å²) in [4.78, 5) is 27.0. The molecule has 1 aliphatic rings. The topological polar surface area (TPSA) is 133 Å². The number of rotatable bonds is 15. The first-order valence-electron chi connectivity index (χ1n) is 16.0.